The van der Waals surface area contributed by atoms with Gasteiger partial charge in [-0.15, -0.1) is 11.6 Å². The van der Waals surface area contributed by atoms with Crippen LogP contribution in [0.2, 0.25) is 0 Å². The summed E-state index contributed by atoms with van der Waals surface area (Å²) in [4.78, 5) is 0. The minimum absolute atomic E-state index is 0.149. The lowest BCUT2D eigenvalue weighted by atomic mass is 10.1. The second-order valence-corrected chi connectivity index (χ2v) is 4.40. The normalized spacial score (nSPS) is 11.0. The van der Waals surface area contributed by atoms with Crippen LogP contribution in [0.5, 0.6) is 0 Å². The van der Waals surface area contributed by atoms with Crippen molar-refractivity contribution in [3.63, 3.8) is 0 Å². The quantitative estimate of drug-likeness (QED) is 0.614. The van der Waals surface area contributed by atoms with Gasteiger partial charge in [0.25, 0.3) is 0 Å². The molecule has 1 aromatic heterocycles. The summed E-state index contributed by atoms with van der Waals surface area (Å²) in [5.41, 5.74) is 1.73. The lowest BCUT2D eigenvalue weighted by Crippen LogP contribution is -2.05. The number of halogens is 4. The first kappa shape index (κ1) is 13.9. The standard InChI is InChI=1S/C13H12ClF3N2/c1-2-3-12-8(6-14)7-18-19(12)9-4-10(15)13(17)11(16)5-9/h4-5,7H,2-3,6H2,1H3. The van der Waals surface area contributed by atoms with Gasteiger partial charge in [0, 0.05) is 23.4 Å². The first-order valence-corrected chi connectivity index (χ1v) is 6.38. The Hall–Kier alpha value is -1.49. The predicted molar refractivity (Wildman–Crippen MR) is 67.0 cm³/mol. The molecule has 0 spiro atoms. The van der Waals surface area contributed by atoms with E-state index in [-0.39, 0.29) is 11.6 Å². The summed E-state index contributed by atoms with van der Waals surface area (Å²) in [6.07, 6.45) is 3.06. The maximum absolute atomic E-state index is 13.2. The van der Waals surface area contributed by atoms with Crippen molar-refractivity contribution in [2.75, 3.05) is 0 Å². The highest BCUT2D eigenvalue weighted by Gasteiger charge is 2.15. The maximum atomic E-state index is 13.2. The highest BCUT2D eigenvalue weighted by atomic mass is 35.5. The molecule has 2 aromatic rings. The van der Waals surface area contributed by atoms with Crippen molar-refractivity contribution in [2.24, 2.45) is 0 Å². The topological polar surface area (TPSA) is 17.8 Å². The van der Waals surface area contributed by atoms with Crippen molar-refractivity contribution in [1.29, 1.82) is 0 Å². The largest absolute Gasteiger partial charge is 0.237 e. The van der Waals surface area contributed by atoms with E-state index in [0.29, 0.717) is 6.42 Å². The molecule has 19 heavy (non-hydrogen) atoms. The van der Waals surface area contributed by atoms with E-state index in [1.165, 1.54) is 4.68 Å². The van der Waals surface area contributed by atoms with E-state index in [1.807, 2.05) is 6.92 Å². The van der Waals surface area contributed by atoms with Gasteiger partial charge in [-0.1, -0.05) is 13.3 Å². The van der Waals surface area contributed by atoms with Gasteiger partial charge >= 0.3 is 0 Å². The van der Waals surface area contributed by atoms with Crippen LogP contribution in [0.15, 0.2) is 18.3 Å². The highest BCUT2D eigenvalue weighted by Crippen LogP contribution is 2.21. The van der Waals surface area contributed by atoms with E-state index in [1.54, 1.807) is 6.20 Å². The van der Waals surface area contributed by atoms with Gasteiger partial charge in [-0.05, 0) is 6.42 Å². The van der Waals surface area contributed by atoms with Crippen molar-refractivity contribution in [2.45, 2.75) is 25.6 Å². The molecule has 2 rings (SSSR count). The van der Waals surface area contributed by atoms with Gasteiger partial charge in [0.05, 0.1) is 17.8 Å². The molecule has 0 unspecified atom stereocenters. The van der Waals surface area contributed by atoms with Crippen molar-refractivity contribution in [1.82, 2.24) is 9.78 Å². The monoisotopic (exact) mass is 288 g/mol. The Morgan fingerprint density at radius 1 is 1.21 bits per heavy atom. The van der Waals surface area contributed by atoms with Gasteiger partial charge in [0.2, 0.25) is 0 Å². The molecule has 0 bridgehead atoms. The Balaban J connectivity index is 2.55. The third kappa shape index (κ3) is 2.61. The number of benzene rings is 1. The Kier molecular flexibility index (Phi) is 4.14. The SMILES string of the molecule is CCCc1c(CCl)cnn1-c1cc(F)c(F)c(F)c1. The fourth-order valence-corrected chi connectivity index (χ4v) is 2.13. The Morgan fingerprint density at radius 2 is 1.84 bits per heavy atom. The zero-order valence-electron chi connectivity index (χ0n) is 10.3. The van der Waals surface area contributed by atoms with Crippen LogP contribution in [0.3, 0.4) is 0 Å². The van der Waals surface area contributed by atoms with E-state index < -0.39 is 17.5 Å². The van der Waals surface area contributed by atoms with Crippen LogP contribution in [0.4, 0.5) is 13.2 Å². The van der Waals surface area contributed by atoms with Gasteiger partial charge in [0.15, 0.2) is 17.5 Å². The molecule has 0 fully saturated rings. The van der Waals surface area contributed by atoms with Crippen molar-refractivity contribution >= 4 is 11.6 Å². The van der Waals surface area contributed by atoms with Crippen LogP contribution in [0.25, 0.3) is 5.69 Å². The molecular weight excluding hydrogens is 277 g/mol. The van der Waals surface area contributed by atoms with Gasteiger partial charge in [-0.2, -0.15) is 5.10 Å². The van der Waals surface area contributed by atoms with Crippen LogP contribution in [-0.2, 0) is 12.3 Å². The molecule has 0 aliphatic carbocycles. The Labute approximate surface area is 113 Å². The minimum atomic E-state index is -1.48. The van der Waals surface area contributed by atoms with E-state index in [2.05, 4.69) is 5.10 Å². The van der Waals surface area contributed by atoms with Gasteiger partial charge in [0.1, 0.15) is 0 Å². The van der Waals surface area contributed by atoms with Crippen LogP contribution < -0.4 is 0 Å². The molecule has 0 saturated heterocycles. The van der Waals surface area contributed by atoms with E-state index in [0.717, 1.165) is 29.8 Å². The van der Waals surface area contributed by atoms with E-state index in [9.17, 15) is 13.2 Å². The number of rotatable bonds is 4. The summed E-state index contributed by atoms with van der Waals surface area (Å²) in [6, 6.07) is 1.84. The van der Waals surface area contributed by atoms with Crippen LogP contribution >= 0.6 is 11.6 Å². The predicted octanol–water partition coefficient (Wildman–Crippen LogP) is 3.98. The molecule has 0 aliphatic rings. The Morgan fingerprint density at radius 3 is 2.37 bits per heavy atom. The van der Waals surface area contributed by atoms with Gasteiger partial charge in [-0.25, -0.2) is 17.9 Å². The number of nitrogens with zero attached hydrogens (tertiary/aromatic N) is 2. The van der Waals surface area contributed by atoms with Crippen molar-refractivity contribution in [3.05, 3.63) is 47.0 Å². The summed E-state index contributed by atoms with van der Waals surface area (Å²) in [6.45, 7) is 1.97. The lowest BCUT2D eigenvalue weighted by molar-refractivity contribution is 0.445. The van der Waals surface area contributed by atoms with Crippen LogP contribution in [0, 0.1) is 17.5 Å². The molecule has 1 aromatic carbocycles. The molecule has 0 N–H and O–H groups in total. The smallest absolute Gasteiger partial charge is 0.194 e. The number of alkyl halides is 1. The van der Waals surface area contributed by atoms with Gasteiger partial charge < -0.3 is 0 Å². The summed E-state index contributed by atoms with van der Waals surface area (Å²) in [5, 5.41) is 4.06. The zero-order chi connectivity index (χ0) is 14.0. The van der Waals surface area contributed by atoms with Crippen molar-refractivity contribution < 1.29 is 13.2 Å². The highest BCUT2D eigenvalue weighted by molar-refractivity contribution is 6.17. The fourth-order valence-electron chi connectivity index (χ4n) is 1.91. The maximum Gasteiger partial charge on any atom is 0.194 e. The molecule has 0 amide bonds. The average molecular weight is 289 g/mol. The van der Waals surface area contributed by atoms with Crippen LogP contribution in [0.1, 0.15) is 24.6 Å². The first-order chi connectivity index (χ1) is 9.08. The van der Waals surface area contributed by atoms with E-state index >= 15 is 0 Å². The van der Waals surface area contributed by atoms with E-state index in [4.69, 9.17) is 11.6 Å². The second kappa shape index (κ2) is 5.65. The summed E-state index contributed by atoms with van der Waals surface area (Å²) >= 11 is 5.79. The number of hydrogen-bond donors (Lipinski definition) is 0. The summed E-state index contributed by atoms with van der Waals surface area (Å²) in [7, 11) is 0. The third-order valence-corrected chi connectivity index (χ3v) is 3.09. The number of aromatic nitrogens is 2. The molecule has 0 radical (unpaired) electrons. The molecule has 0 aliphatic heterocycles. The average Bonchev–Trinajstić information content (AvgIpc) is 2.79. The third-order valence-electron chi connectivity index (χ3n) is 2.80. The Bertz CT molecular complexity index is 573. The summed E-state index contributed by atoms with van der Waals surface area (Å²) < 4.78 is 40.8. The van der Waals surface area contributed by atoms with Crippen molar-refractivity contribution in [3.8, 4) is 5.69 Å². The molecule has 2 nitrogen and oxygen atoms in total. The molecule has 102 valence electrons. The van der Waals surface area contributed by atoms with Gasteiger partial charge in [-0.3, -0.25) is 0 Å². The molecule has 0 atom stereocenters. The molecular formula is C13H12ClF3N2. The summed E-state index contributed by atoms with van der Waals surface area (Å²) in [5.74, 6) is -3.69. The molecule has 1 heterocycles. The second-order valence-electron chi connectivity index (χ2n) is 4.14. The minimum Gasteiger partial charge on any atom is -0.237 e. The van der Waals surface area contributed by atoms with Crippen LogP contribution in [-0.4, -0.2) is 9.78 Å². The zero-order valence-corrected chi connectivity index (χ0v) is 11.0. The fraction of sp³-hybridized carbons (Fsp3) is 0.308. The lowest BCUT2D eigenvalue weighted by Gasteiger charge is -2.09. The molecule has 0 saturated carbocycles. The number of hydrogen-bond acceptors (Lipinski definition) is 1. The first-order valence-electron chi connectivity index (χ1n) is 5.85. The molecule has 6 heteroatoms.